The molecular formula is C21H40. The van der Waals surface area contributed by atoms with Gasteiger partial charge in [0.25, 0.3) is 0 Å². The number of allylic oxidation sites excluding steroid dienone is 4. The number of unbranched alkanes of at least 4 members (excludes halogenated alkanes) is 8. The van der Waals surface area contributed by atoms with Crippen LogP contribution in [0.1, 0.15) is 85.5 Å². The van der Waals surface area contributed by atoms with Gasteiger partial charge >= 0.3 is 0 Å². The summed E-state index contributed by atoms with van der Waals surface area (Å²) in [5.41, 5.74) is 2.04. The van der Waals surface area contributed by atoms with Crippen LogP contribution >= 0.6 is 0 Å². The quantitative estimate of drug-likeness (QED) is 0.282. The molecule has 0 heterocycles. The molecule has 0 rings (SSSR count). The number of hydrogen-bond donors (Lipinski definition) is 0. The van der Waals surface area contributed by atoms with Crippen molar-refractivity contribution in [2.45, 2.75) is 85.5 Å². The molecule has 0 atom stereocenters. The minimum absolute atomic E-state index is 1.02. The van der Waals surface area contributed by atoms with Crippen molar-refractivity contribution in [3.05, 3.63) is 49.6 Å². The summed E-state index contributed by atoms with van der Waals surface area (Å²) in [6.07, 6.45) is 16.4. The molecule has 0 nitrogen and oxygen atoms in total. The second kappa shape index (κ2) is 24.0. The lowest BCUT2D eigenvalue weighted by Gasteiger charge is -1.98. The summed E-state index contributed by atoms with van der Waals surface area (Å²) >= 11 is 0. The molecule has 0 radical (unpaired) electrons. The van der Waals surface area contributed by atoms with E-state index in [2.05, 4.69) is 40.2 Å². The van der Waals surface area contributed by atoms with Gasteiger partial charge in [-0.1, -0.05) is 121 Å². The molecule has 124 valence electrons. The molecule has 0 aliphatic heterocycles. The first kappa shape index (κ1) is 24.9. The van der Waals surface area contributed by atoms with Gasteiger partial charge in [-0.2, -0.15) is 0 Å². The molecule has 0 aromatic heterocycles. The van der Waals surface area contributed by atoms with E-state index in [1.165, 1.54) is 57.8 Å². The van der Waals surface area contributed by atoms with E-state index in [-0.39, 0.29) is 0 Å². The molecule has 0 aliphatic rings. The molecule has 0 saturated carbocycles. The SMILES string of the molecule is C=CC(=C)C.C=CC(=C)C.CCCCCCCCCCC. The second-order valence-corrected chi connectivity index (χ2v) is 5.58. The minimum Gasteiger partial charge on any atom is -0.0988 e. The molecule has 0 spiro atoms. The van der Waals surface area contributed by atoms with Crippen LogP contribution in [0.3, 0.4) is 0 Å². The maximum Gasteiger partial charge on any atom is -0.0404 e. The molecule has 0 N–H and O–H groups in total. The minimum atomic E-state index is 1.02. The largest absolute Gasteiger partial charge is 0.0988 e. The fourth-order valence-electron chi connectivity index (χ4n) is 1.38. The molecule has 0 aliphatic carbocycles. The van der Waals surface area contributed by atoms with Gasteiger partial charge in [0.1, 0.15) is 0 Å². The monoisotopic (exact) mass is 292 g/mol. The standard InChI is InChI=1S/C11H24.2C5H8/c1-3-5-7-9-11-10-8-6-4-2;2*1-4-5(2)3/h3-11H2,1-2H3;2*4H,1-2H2,3H3. The van der Waals surface area contributed by atoms with E-state index in [1.54, 1.807) is 12.2 Å². The first-order chi connectivity index (χ1) is 9.95. The average molecular weight is 293 g/mol. The summed E-state index contributed by atoms with van der Waals surface area (Å²) in [7, 11) is 0. The van der Waals surface area contributed by atoms with Crippen molar-refractivity contribution in [1.29, 1.82) is 0 Å². The van der Waals surface area contributed by atoms with Gasteiger partial charge < -0.3 is 0 Å². The molecule has 0 aromatic rings. The van der Waals surface area contributed by atoms with Gasteiger partial charge in [-0.3, -0.25) is 0 Å². The van der Waals surface area contributed by atoms with Crippen LogP contribution in [-0.2, 0) is 0 Å². The third-order valence-corrected chi connectivity index (χ3v) is 2.90. The van der Waals surface area contributed by atoms with E-state index in [0.717, 1.165) is 11.1 Å². The average Bonchev–Trinajstić information content (AvgIpc) is 2.47. The zero-order valence-electron chi connectivity index (χ0n) is 15.3. The Balaban J connectivity index is -0.000000270. The van der Waals surface area contributed by atoms with E-state index in [9.17, 15) is 0 Å². The topological polar surface area (TPSA) is 0 Å². The van der Waals surface area contributed by atoms with Crippen LogP contribution in [0.5, 0.6) is 0 Å². The zero-order chi connectivity index (χ0) is 16.9. The molecular weight excluding hydrogens is 252 g/mol. The number of hydrogen-bond acceptors (Lipinski definition) is 0. The highest BCUT2D eigenvalue weighted by Crippen LogP contribution is 2.08. The highest BCUT2D eigenvalue weighted by atomic mass is 13.9. The first-order valence-corrected chi connectivity index (χ1v) is 8.52. The van der Waals surface area contributed by atoms with Gasteiger partial charge in [-0.15, -0.1) is 0 Å². The summed E-state index contributed by atoms with van der Waals surface area (Å²) in [5, 5.41) is 0. The second-order valence-electron chi connectivity index (χ2n) is 5.58. The Bertz CT molecular complexity index is 219. The van der Waals surface area contributed by atoms with E-state index < -0.39 is 0 Å². The maximum absolute atomic E-state index is 3.56. The lowest BCUT2D eigenvalue weighted by molar-refractivity contribution is 0.572. The van der Waals surface area contributed by atoms with Crippen LogP contribution in [0.15, 0.2) is 49.6 Å². The summed E-state index contributed by atoms with van der Waals surface area (Å²) in [6, 6.07) is 0. The van der Waals surface area contributed by atoms with Gasteiger partial charge in [0.2, 0.25) is 0 Å². The summed E-state index contributed by atoms with van der Waals surface area (Å²) in [6.45, 7) is 22.4. The van der Waals surface area contributed by atoms with Gasteiger partial charge in [0, 0.05) is 0 Å². The molecule has 0 aromatic carbocycles. The van der Waals surface area contributed by atoms with Crippen LogP contribution < -0.4 is 0 Å². The lowest BCUT2D eigenvalue weighted by atomic mass is 10.1. The predicted molar refractivity (Wildman–Crippen MR) is 103 cm³/mol. The van der Waals surface area contributed by atoms with Crippen molar-refractivity contribution in [1.82, 2.24) is 0 Å². The van der Waals surface area contributed by atoms with Crippen molar-refractivity contribution in [2.75, 3.05) is 0 Å². The molecule has 0 bridgehead atoms. The van der Waals surface area contributed by atoms with Crippen molar-refractivity contribution in [2.24, 2.45) is 0 Å². The maximum atomic E-state index is 3.56. The van der Waals surface area contributed by atoms with E-state index in [1.807, 2.05) is 13.8 Å². The van der Waals surface area contributed by atoms with Crippen molar-refractivity contribution in [3.63, 3.8) is 0 Å². The molecule has 0 amide bonds. The predicted octanol–water partition coefficient (Wildman–Crippen LogP) is 8.03. The Morgan fingerprint density at radius 1 is 0.619 bits per heavy atom. The van der Waals surface area contributed by atoms with Crippen LogP contribution in [-0.4, -0.2) is 0 Å². The third-order valence-electron chi connectivity index (χ3n) is 2.90. The van der Waals surface area contributed by atoms with Crippen LogP contribution in [0.25, 0.3) is 0 Å². The van der Waals surface area contributed by atoms with E-state index in [0.29, 0.717) is 0 Å². The van der Waals surface area contributed by atoms with Gasteiger partial charge in [0.15, 0.2) is 0 Å². The Labute approximate surface area is 135 Å². The van der Waals surface area contributed by atoms with E-state index >= 15 is 0 Å². The first-order valence-electron chi connectivity index (χ1n) is 8.52. The summed E-state index contributed by atoms with van der Waals surface area (Å²) in [5.74, 6) is 0. The van der Waals surface area contributed by atoms with Gasteiger partial charge in [0.05, 0.1) is 0 Å². The third kappa shape index (κ3) is 45.4. The Morgan fingerprint density at radius 2 is 0.810 bits per heavy atom. The Morgan fingerprint density at radius 3 is 0.952 bits per heavy atom. The summed E-state index contributed by atoms with van der Waals surface area (Å²) in [4.78, 5) is 0. The number of rotatable bonds is 10. The highest BCUT2D eigenvalue weighted by Gasteiger charge is 1.88. The van der Waals surface area contributed by atoms with Crippen molar-refractivity contribution in [3.8, 4) is 0 Å². The van der Waals surface area contributed by atoms with Gasteiger partial charge in [-0.25, -0.2) is 0 Å². The van der Waals surface area contributed by atoms with Crippen LogP contribution in [0, 0.1) is 0 Å². The van der Waals surface area contributed by atoms with Crippen molar-refractivity contribution >= 4 is 0 Å². The zero-order valence-corrected chi connectivity index (χ0v) is 15.3. The Hall–Kier alpha value is -1.04. The molecule has 0 saturated heterocycles. The van der Waals surface area contributed by atoms with Gasteiger partial charge in [-0.05, 0) is 13.8 Å². The lowest BCUT2D eigenvalue weighted by Crippen LogP contribution is -1.79. The fourth-order valence-corrected chi connectivity index (χ4v) is 1.38. The Kier molecular flexibility index (Phi) is 28.5. The highest BCUT2D eigenvalue weighted by molar-refractivity contribution is 5.06. The van der Waals surface area contributed by atoms with Crippen LogP contribution in [0.2, 0.25) is 0 Å². The van der Waals surface area contributed by atoms with E-state index in [4.69, 9.17) is 0 Å². The molecule has 0 unspecified atom stereocenters. The molecule has 0 fully saturated rings. The van der Waals surface area contributed by atoms with Crippen molar-refractivity contribution < 1.29 is 0 Å². The molecule has 0 heteroatoms. The fraction of sp³-hybridized carbons (Fsp3) is 0.619. The van der Waals surface area contributed by atoms with Crippen LogP contribution in [0.4, 0.5) is 0 Å². The normalized spacial score (nSPS) is 8.57. The smallest absolute Gasteiger partial charge is 0.0404 e. The summed E-state index contributed by atoms with van der Waals surface area (Å²) < 4.78 is 0. The molecule has 21 heavy (non-hydrogen) atoms.